The van der Waals surface area contributed by atoms with Crippen LogP contribution in [-0.4, -0.2) is 62.2 Å². The molecule has 4 N–H and O–H groups in total. The third-order valence-corrected chi connectivity index (χ3v) is 2.33. The number of aliphatic hydroxyl groups is 4. The standard InChI is InChI=1S/C11H18O7/c1-5(12)3-4-7(14)9(16)11(18)10(17)8(15)6(2)13/h5-8,12-15H,3-4H2,1-2H3/t5?,6-,7?,8+/m1/s1. The van der Waals surface area contributed by atoms with Gasteiger partial charge < -0.3 is 20.4 Å². The highest BCUT2D eigenvalue weighted by atomic mass is 16.3. The van der Waals surface area contributed by atoms with Gasteiger partial charge in [-0.25, -0.2) is 0 Å². The highest BCUT2D eigenvalue weighted by Crippen LogP contribution is 2.05. The molecule has 7 heteroatoms. The summed E-state index contributed by atoms with van der Waals surface area (Å²) in [7, 11) is 0. The van der Waals surface area contributed by atoms with E-state index in [1.165, 1.54) is 6.92 Å². The molecule has 0 rings (SSSR count). The second-order valence-corrected chi connectivity index (χ2v) is 4.19. The molecule has 0 saturated carbocycles. The van der Waals surface area contributed by atoms with Crippen LogP contribution >= 0.6 is 0 Å². The lowest BCUT2D eigenvalue weighted by Crippen LogP contribution is -2.43. The summed E-state index contributed by atoms with van der Waals surface area (Å²) in [5.41, 5.74) is 0. The maximum atomic E-state index is 11.3. The summed E-state index contributed by atoms with van der Waals surface area (Å²) in [6.07, 6.45) is -5.99. The predicted octanol–water partition coefficient (Wildman–Crippen LogP) is -2.04. The number of carbonyl (C=O) groups is 3. The zero-order chi connectivity index (χ0) is 14.5. The minimum Gasteiger partial charge on any atom is -0.393 e. The first kappa shape index (κ1) is 16.9. The van der Waals surface area contributed by atoms with E-state index in [1.54, 1.807) is 0 Å². The Hall–Kier alpha value is -1.15. The topological polar surface area (TPSA) is 132 Å². The van der Waals surface area contributed by atoms with Gasteiger partial charge in [-0.3, -0.25) is 14.4 Å². The molecule has 7 nitrogen and oxygen atoms in total. The van der Waals surface area contributed by atoms with Crippen LogP contribution in [-0.2, 0) is 14.4 Å². The van der Waals surface area contributed by atoms with Crippen molar-refractivity contribution in [2.24, 2.45) is 0 Å². The van der Waals surface area contributed by atoms with Crippen molar-refractivity contribution in [1.82, 2.24) is 0 Å². The molecule has 0 radical (unpaired) electrons. The van der Waals surface area contributed by atoms with Gasteiger partial charge in [0.15, 0.2) is 0 Å². The summed E-state index contributed by atoms with van der Waals surface area (Å²) >= 11 is 0. The molecule has 104 valence electrons. The first-order valence-electron chi connectivity index (χ1n) is 5.53. The molecule has 4 atom stereocenters. The van der Waals surface area contributed by atoms with Gasteiger partial charge in [0.25, 0.3) is 5.78 Å². The molecule has 0 saturated heterocycles. The van der Waals surface area contributed by atoms with E-state index in [4.69, 9.17) is 15.3 Å². The van der Waals surface area contributed by atoms with E-state index in [-0.39, 0.29) is 12.8 Å². The molecule has 0 aliphatic heterocycles. The fraction of sp³-hybridized carbons (Fsp3) is 0.727. The summed E-state index contributed by atoms with van der Waals surface area (Å²) in [6, 6.07) is 0. The first-order valence-corrected chi connectivity index (χ1v) is 5.53. The number of hydrogen-bond acceptors (Lipinski definition) is 7. The van der Waals surface area contributed by atoms with Crippen LogP contribution in [0.2, 0.25) is 0 Å². The lowest BCUT2D eigenvalue weighted by molar-refractivity contribution is -0.152. The lowest BCUT2D eigenvalue weighted by atomic mass is 9.99. The van der Waals surface area contributed by atoms with Crippen LogP contribution in [0.25, 0.3) is 0 Å². The fourth-order valence-electron chi connectivity index (χ4n) is 1.16. The van der Waals surface area contributed by atoms with Crippen molar-refractivity contribution in [3.8, 4) is 0 Å². The van der Waals surface area contributed by atoms with Crippen LogP contribution in [0.4, 0.5) is 0 Å². The molecule has 0 heterocycles. The van der Waals surface area contributed by atoms with Gasteiger partial charge in [-0.15, -0.1) is 0 Å². The van der Waals surface area contributed by atoms with Gasteiger partial charge in [0.05, 0.1) is 12.2 Å². The smallest absolute Gasteiger partial charge is 0.269 e. The molecule has 2 unspecified atom stereocenters. The lowest BCUT2D eigenvalue weighted by Gasteiger charge is -2.13. The zero-order valence-corrected chi connectivity index (χ0v) is 10.2. The van der Waals surface area contributed by atoms with Gasteiger partial charge in [0, 0.05) is 0 Å². The Morgan fingerprint density at radius 1 is 0.889 bits per heavy atom. The molecule has 0 aliphatic rings. The summed E-state index contributed by atoms with van der Waals surface area (Å²) in [5, 5.41) is 36.3. The SMILES string of the molecule is CC(O)CCC(O)C(=O)C(=O)C(=O)[C@@H](O)[C@@H](C)O. The van der Waals surface area contributed by atoms with Crippen LogP contribution in [0.1, 0.15) is 26.7 Å². The number of aliphatic hydroxyl groups excluding tert-OH is 4. The third kappa shape index (κ3) is 5.01. The summed E-state index contributed by atoms with van der Waals surface area (Å²) in [5.74, 6) is -4.35. The highest BCUT2D eigenvalue weighted by Gasteiger charge is 2.34. The Balaban J connectivity index is 4.50. The number of ketones is 3. The van der Waals surface area contributed by atoms with Crippen molar-refractivity contribution in [3.63, 3.8) is 0 Å². The van der Waals surface area contributed by atoms with Crippen molar-refractivity contribution in [3.05, 3.63) is 0 Å². The van der Waals surface area contributed by atoms with Crippen LogP contribution in [0, 0.1) is 0 Å². The Morgan fingerprint density at radius 2 is 1.39 bits per heavy atom. The van der Waals surface area contributed by atoms with Gasteiger partial charge in [-0.05, 0) is 26.7 Å². The minimum atomic E-state index is -1.98. The molecule has 0 aromatic rings. The van der Waals surface area contributed by atoms with E-state index in [0.29, 0.717) is 0 Å². The second kappa shape index (κ2) is 7.32. The average Bonchev–Trinajstić information content (AvgIpc) is 2.31. The van der Waals surface area contributed by atoms with Crippen molar-refractivity contribution < 1.29 is 34.8 Å². The number of carbonyl (C=O) groups excluding carboxylic acids is 3. The van der Waals surface area contributed by atoms with E-state index >= 15 is 0 Å². The molecule has 18 heavy (non-hydrogen) atoms. The zero-order valence-electron chi connectivity index (χ0n) is 10.2. The van der Waals surface area contributed by atoms with Gasteiger partial charge in [0.2, 0.25) is 11.6 Å². The van der Waals surface area contributed by atoms with Crippen molar-refractivity contribution in [1.29, 1.82) is 0 Å². The molecule has 0 aliphatic carbocycles. The Morgan fingerprint density at radius 3 is 1.78 bits per heavy atom. The quantitative estimate of drug-likeness (QED) is 0.292. The first-order chi connectivity index (χ1) is 8.18. The molecule has 0 fully saturated rings. The monoisotopic (exact) mass is 262 g/mol. The molecule has 0 aromatic heterocycles. The Bertz CT molecular complexity index is 321. The fourth-order valence-corrected chi connectivity index (χ4v) is 1.16. The highest BCUT2D eigenvalue weighted by molar-refractivity contribution is 6.65. The molecule has 0 amide bonds. The minimum absolute atomic E-state index is 0.0906. The maximum Gasteiger partial charge on any atom is 0.269 e. The second-order valence-electron chi connectivity index (χ2n) is 4.19. The Labute approximate surface area is 104 Å². The van der Waals surface area contributed by atoms with Crippen LogP contribution in [0.3, 0.4) is 0 Å². The van der Waals surface area contributed by atoms with Gasteiger partial charge in [-0.2, -0.15) is 0 Å². The number of Topliss-reactive ketones (excluding diaryl/α,β-unsaturated/α-hetero) is 3. The van der Waals surface area contributed by atoms with Gasteiger partial charge >= 0.3 is 0 Å². The van der Waals surface area contributed by atoms with Crippen molar-refractivity contribution in [2.45, 2.75) is 51.1 Å². The molecule has 0 aromatic carbocycles. The summed E-state index contributed by atoms with van der Waals surface area (Å²) in [6.45, 7) is 2.53. The van der Waals surface area contributed by atoms with Crippen molar-refractivity contribution in [2.75, 3.05) is 0 Å². The van der Waals surface area contributed by atoms with E-state index < -0.39 is 41.8 Å². The summed E-state index contributed by atoms with van der Waals surface area (Å²) < 4.78 is 0. The molecule has 0 spiro atoms. The van der Waals surface area contributed by atoms with Crippen LogP contribution < -0.4 is 0 Å². The molecular weight excluding hydrogens is 244 g/mol. The van der Waals surface area contributed by atoms with Gasteiger partial charge in [0.1, 0.15) is 12.2 Å². The molecular formula is C11H18O7. The number of hydrogen-bond donors (Lipinski definition) is 4. The maximum absolute atomic E-state index is 11.3. The van der Waals surface area contributed by atoms with Crippen molar-refractivity contribution >= 4 is 17.3 Å². The van der Waals surface area contributed by atoms with E-state index in [1.807, 2.05) is 0 Å². The van der Waals surface area contributed by atoms with E-state index in [2.05, 4.69) is 0 Å². The van der Waals surface area contributed by atoms with E-state index in [9.17, 15) is 19.5 Å². The molecule has 0 bridgehead atoms. The third-order valence-electron chi connectivity index (χ3n) is 2.33. The normalized spacial score (nSPS) is 17.7. The van der Waals surface area contributed by atoms with Crippen LogP contribution in [0.5, 0.6) is 0 Å². The predicted molar refractivity (Wildman–Crippen MR) is 59.6 cm³/mol. The number of rotatable bonds is 8. The van der Waals surface area contributed by atoms with E-state index in [0.717, 1.165) is 6.92 Å². The summed E-state index contributed by atoms with van der Waals surface area (Å²) in [4.78, 5) is 33.8. The van der Waals surface area contributed by atoms with Crippen LogP contribution in [0.15, 0.2) is 0 Å². The van der Waals surface area contributed by atoms with Gasteiger partial charge in [-0.1, -0.05) is 0 Å². The Kier molecular flexibility index (Phi) is 6.85. The largest absolute Gasteiger partial charge is 0.393 e. The average molecular weight is 262 g/mol.